The second-order valence-electron chi connectivity index (χ2n) is 7.37. The minimum absolute atomic E-state index is 0.321. The standard InChI is InChI=1S/C10H14S.C7H8.C7H14/c1-10(2,3)11-9-7-5-4-6-8-9;1-7-5-3-2-4-6-7;1-5-7(4)6(2)3/h4-8H,1-3H3;2-6H,1H3;5-6H,1-4H3/b;;7-5+. The van der Waals surface area contributed by atoms with E-state index in [-0.39, 0.29) is 0 Å². The highest BCUT2D eigenvalue weighted by Gasteiger charge is 2.10. The van der Waals surface area contributed by atoms with Crippen LogP contribution in [0.2, 0.25) is 0 Å². The summed E-state index contributed by atoms with van der Waals surface area (Å²) in [5.41, 5.74) is 2.79. The highest BCUT2D eigenvalue weighted by atomic mass is 32.2. The molecule has 2 aromatic carbocycles. The summed E-state index contributed by atoms with van der Waals surface area (Å²) >= 11 is 1.90. The fourth-order valence-corrected chi connectivity index (χ4v) is 2.71. The maximum atomic E-state index is 2.23. The summed E-state index contributed by atoms with van der Waals surface area (Å²) in [6.45, 7) is 17.4. The Bertz CT molecular complexity index is 574. The Kier molecular flexibility index (Phi) is 12.1. The lowest BCUT2D eigenvalue weighted by Crippen LogP contribution is -2.06. The molecule has 0 spiro atoms. The molecule has 0 fully saturated rings. The molecule has 0 N–H and O–H groups in total. The van der Waals surface area contributed by atoms with Crippen molar-refractivity contribution in [3.05, 3.63) is 77.9 Å². The number of benzene rings is 2. The molecule has 0 atom stereocenters. The van der Waals surface area contributed by atoms with E-state index in [4.69, 9.17) is 0 Å². The summed E-state index contributed by atoms with van der Waals surface area (Å²) in [7, 11) is 0. The molecule has 0 unspecified atom stereocenters. The summed E-state index contributed by atoms with van der Waals surface area (Å²) in [6.07, 6.45) is 2.16. The first-order valence-corrected chi connectivity index (χ1v) is 9.86. The summed E-state index contributed by atoms with van der Waals surface area (Å²) in [6, 6.07) is 20.8. The van der Waals surface area contributed by atoms with Crippen LogP contribution in [0.15, 0.2) is 77.2 Å². The molecule has 0 bridgehead atoms. The van der Waals surface area contributed by atoms with Gasteiger partial charge in [-0.05, 0) is 38.8 Å². The maximum absolute atomic E-state index is 2.23. The lowest BCUT2D eigenvalue weighted by molar-refractivity contribution is 0.767. The van der Waals surface area contributed by atoms with E-state index in [0.717, 1.165) is 5.92 Å². The van der Waals surface area contributed by atoms with Crippen molar-refractivity contribution in [3.63, 3.8) is 0 Å². The Hall–Kier alpha value is -1.47. The quantitative estimate of drug-likeness (QED) is 0.386. The third kappa shape index (κ3) is 14.6. The van der Waals surface area contributed by atoms with Crippen LogP contribution in [0.25, 0.3) is 0 Å². The topological polar surface area (TPSA) is 0 Å². The van der Waals surface area contributed by atoms with Crippen LogP contribution in [0.4, 0.5) is 0 Å². The molecule has 0 radical (unpaired) electrons. The van der Waals surface area contributed by atoms with Gasteiger partial charge in [0.25, 0.3) is 0 Å². The van der Waals surface area contributed by atoms with Crippen LogP contribution >= 0.6 is 11.8 Å². The van der Waals surface area contributed by atoms with Crippen molar-refractivity contribution in [2.45, 2.75) is 65.0 Å². The van der Waals surface area contributed by atoms with Gasteiger partial charge in [-0.3, -0.25) is 0 Å². The van der Waals surface area contributed by atoms with Crippen LogP contribution in [-0.4, -0.2) is 4.75 Å². The zero-order valence-corrected chi connectivity index (χ0v) is 18.2. The van der Waals surface area contributed by atoms with Crippen LogP contribution in [-0.2, 0) is 0 Å². The number of hydrogen-bond donors (Lipinski definition) is 0. The third-order valence-electron chi connectivity index (χ3n) is 3.47. The molecule has 25 heavy (non-hydrogen) atoms. The molecule has 0 aliphatic carbocycles. The summed E-state index contributed by atoms with van der Waals surface area (Å²) in [5, 5.41) is 0. The predicted molar refractivity (Wildman–Crippen MR) is 118 cm³/mol. The van der Waals surface area contributed by atoms with Gasteiger partial charge in [0.2, 0.25) is 0 Å². The van der Waals surface area contributed by atoms with E-state index in [1.807, 2.05) is 36.0 Å². The van der Waals surface area contributed by atoms with Gasteiger partial charge in [-0.15, -0.1) is 11.8 Å². The van der Waals surface area contributed by atoms with Crippen molar-refractivity contribution in [1.29, 1.82) is 0 Å². The molecule has 2 aromatic rings. The van der Waals surface area contributed by atoms with Crippen LogP contribution < -0.4 is 0 Å². The van der Waals surface area contributed by atoms with Crippen molar-refractivity contribution in [2.75, 3.05) is 0 Å². The Morgan fingerprint density at radius 3 is 1.56 bits per heavy atom. The van der Waals surface area contributed by atoms with Gasteiger partial charge in [0.05, 0.1) is 0 Å². The molecule has 0 aliphatic heterocycles. The smallest absolute Gasteiger partial charge is 0.0122 e. The van der Waals surface area contributed by atoms with Crippen molar-refractivity contribution in [2.24, 2.45) is 5.92 Å². The Balaban J connectivity index is 0.000000362. The van der Waals surface area contributed by atoms with Gasteiger partial charge in [-0.1, -0.05) is 100 Å². The van der Waals surface area contributed by atoms with Gasteiger partial charge in [-0.2, -0.15) is 0 Å². The SMILES string of the molecule is C/C=C(\C)C(C)C.CC(C)(C)Sc1ccccc1.Cc1ccccc1. The minimum atomic E-state index is 0.321. The van der Waals surface area contributed by atoms with Crippen molar-refractivity contribution < 1.29 is 0 Å². The van der Waals surface area contributed by atoms with E-state index >= 15 is 0 Å². The molecular weight excluding hydrogens is 320 g/mol. The van der Waals surface area contributed by atoms with Gasteiger partial charge < -0.3 is 0 Å². The number of thioether (sulfide) groups is 1. The third-order valence-corrected chi connectivity index (χ3v) is 4.59. The summed E-state index contributed by atoms with van der Waals surface area (Å²) in [5.74, 6) is 0.727. The molecule has 0 heterocycles. The second kappa shape index (κ2) is 12.8. The highest BCUT2D eigenvalue weighted by molar-refractivity contribution is 8.00. The van der Waals surface area contributed by atoms with Crippen molar-refractivity contribution in [3.8, 4) is 0 Å². The van der Waals surface area contributed by atoms with Crippen molar-refractivity contribution >= 4 is 11.8 Å². The largest absolute Gasteiger partial charge is 0.120 e. The number of hydrogen-bond acceptors (Lipinski definition) is 1. The van der Waals surface area contributed by atoms with Gasteiger partial charge in [0.1, 0.15) is 0 Å². The average molecular weight is 357 g/mol. The zero-order chi connectivity index (χ0) is 19.3. The van der Waals surface area contributed by atoms with E-state index in [2.05, 4.69) is 97.9 Å². The molecule has 0 saturated heterocycles. The Morgan fingerprint density at radius 2 is 1.32 bits per heavy atom. The second-order valence-corrected chi connectivity index (χ2v) is 9.27. The van der Waals surface area contributed by atoms with E-state index in [1.165, 1.54) is 16.0 Å². The van der Waals surface area contributed by atoms with E-state index in [9.17, 15) is 0 Å². The fraction of sp³-hybridized carbons (Fsp3) is 0.417. The van der Waals surface area contributed by atoms with E-state index in [1.54, 1.807) is 0 Å². The molecule has 0 aliphatic rings. The van der Waals surface area contributed by atoms with Crippen molar-refractivity contribution in [1.82, 2.24) is 0 Å². The minimum Gasteiger partial charge on any atom is -0.120 e. The Labute approximate surface area is 160 Å². The molecule has 2 rings (SSSR count). The molecule has 0 aromatic heterocycles. The van der Waals surface area contributed by atoms with Crippen LogP contribution in [0.3, 0.4) is 0 Å². The highest BCUT2D eigenvalue weighted by Crippen LogP contribution is 2.31. The predicted octanol–water partition coefficient (Wildman–Crippen LogP) is 8.18. The molecular formula is C24H36S. The van der Waals surface area contributed by atoms with Gasteiger partial charge in [-0.25, -0.2) is 0 Å². The number of aryl methyl sites for hydroxylation is 1. The van der Waals surface area contributed by atoms with Crippen LogP contribution in [0.5, 0.6) is 0 Å². The maximum Gasteiger partial charge on any atom is 0.0122 e. The fourth-order valence-electron chi connectivity index (χ4n) is 1.71. The average Bonchev–Trinajstić information content (AvgIpc) is 2.55. The summed E-state index contributed by atoms with van der Waals surface area (Å²) < 4.78 is 0.321. The van der Waals surface area contributed by atoms with Gasteiger partial charge in [0.15, 0.2) is 0 Å². The molecule has 0 saturated carbocycles. The zero-order valence-electron chi connectivity index (χ0n) is 17.3. The van der Waals surface area contributed by atoms with Gasteiger partial charge in [0, 0.05) is 9.64 Å². The monoisotopic (exact) mass is 356 g/mol. The van der Waals surface area contributed by atoms with E-state index < -0.39 is 0 Å². The molecule has 0 nitrogen and oxygen atoms in total. The van der Waals surface area contributed by atoms with Gasteiger partial charge >= 0.3 is 0 Å². The molecule has 0 amide bonds. The van der Waals surface area contributed by atoms with Crippen LogP contribution in [0, 0.1) is 12.8 Å². The first-order valence-electron chi connectivity index (χ1n) is 9.04. The lowest BCUT2D eigenvalue weighted by Gasteiger charge is -2.16. The Morgan fingerprint density at radius 1 is 0.880 bits per heavy atom. The summed E-state index contributed by atoms with van der Waals surface area (Å²) in [4.78, 5) is 1.35. The van der Waals surface area contributed by atoms with Crippen LogP contribution in [0.1, 0.15) is 54.0 Å². The lowest BCUT2D eigenvalue weighted by atomic mass is 10.1. The van der Waals surface area contributed by atoms with E-state index in [0.29, 0.717) is 4.75 Å². The number of rotatable bonds is 2. The first-order chi connectivity index (χ1) is 11.7. The first kappa shape index (κ1) is 23.5. The normalized spacial score (nSPS) is 11.2. The molecule has 138 valence electrons. The number of allylic oxidation sites excluding steroid dienone is 2. The molecule has 1 heteroatoms.